The fourth-order valence-corrected chi connectivity index (χ4v) is 5.99. The number of ether oxygens (including phenoxy) is 1. The maximum atomic E-state index is 13.8. The van der Waals surface area contributed by atoms with Crippen LogP contribution in [0.15, 0.2) is 30.3 Å². The number of rotatable bonds is 10. The summed E-state index contributed by atoms with van der Waals surface area (Å²) in [5.74, 6) is -1.85. The van der Waals surface area contributed by atoms with E-state index in [1.165, 1.54) is 0 Å². The molecular weight excluding hydrogens is 538 g/mol. The molecule has 1 aliphatic carbocycles. The first-order chi connectivity index (χ1) is 20.3. The number of benzene rings is 1. The van der Waals surface area contributed by atoms with E-state index in [1.54, 1.807) is 21.9 Å². The molecule has 3 N–H and O–H groups in total. The first kappa shape index (κ1) is 31.5. The van der Waals surface area contributed by atoms with Crippen LogP contribution < -0.4 is 16.0 Å². The van der Waals surface area contributed by atoms with Crippen LogP contribution in [-0.4, -0.2) is 96.4 Å². The molecule has 2 aliphatic heterocycles. The van der Waals surface area contributed by atoms with Crippen LogP contribution in [0.1, 0.15) is 81.5 Å². The van der Waals surface area contributed by atoms with Gasteiger partial charge in [0.15, 0.2) is 0 Å². The van der Waals surface area contributed by atoms with Gasteiger partial charge in [-0.3, -0.25) is 19.2 Å². The van der Waals surface area contributed by atoms with Crippen LogP contribution in [-0.2, 0) is 19.1 Å². The van der Waals surface area contributed by atoms with E-state index in [0.29, 0.717) is 83.5 Å². The smallest absolute Gasteiger partial charge is 0.318 e. The van der Waals surface area contributed by atoms with Crippen molar-refractivity contribution >= 4 is 29.5 Å². The summed E-state index contributed by atoms with van der Waals surface area (Å²) in [6.45, 7) is 4.78. The first-order valence-corrected chi connectivity index (χ1v) is 15.5. The number of ketones is 1. The number of amides is 5. The molecule has 2 heterocycles. The lowest BCUT2D eigenvalue weighted by Crippen LogP contribution is -2.64. The third-order valence-electron chi connectivity index (χ3n) is 8.62. The maximum absolute atomic E-state index is 13.8. The predicted molar refractivity (Wildman–Crippen MR) is 157 cm³/mol. The Morgan fingerprint density at radius 1 is 0.929 bits per heavy atom. The summed E-state index contributed by atoms with van der Waals surface area (Å²) < 4.78 is 5.35. The van der Waals surface area contributed by atoms with Gasteiger partial charge in [-0.05, 0) is 44.2 Å². The molecule has 11 heteroatoms. The minimum Gasteiger partial charge on any atom is -0.378 e. The van der Waals surface area contributed by atoms with Crippen LogP contribution in [0.3, 0.4) is 0 Å². The highest BCUT2D eigenvalue weighted by molar-refractivity contribution is 6.38. The fourth-order valence-electron chi connectivity index (χ4n) is 5.99. The second-order valence-electron chi connectivity index (χ2n) is 11.6. The molecule has 3 aliphatic rings. The van der Waals surface area contributed by atoms with Gasteiger partial charge in [-0.2, -0.15) is 0 Å². The van der Waals surface area contributed by atoms with Crippen molar-refractivity contribution in [3.63, 3.8) is 0 Å². The molecule has 2 saturated heterocycles. The molecule has 1 atom stereocenters. The Bertz CT molecular complexity index is 1090. The van der Waals surface area contributed by atoms with E-state index < -0.39 is 29.2 Å². The van der Waals surface area contributed by atoms with Crippen molar-refractivity contribution in [3.8, 4) is 0 Å². The van der Waals surface area contributed by atoms with Crippen LogP contribution >= 0.6 is 0 Å². The lowest BCUT2D eigenvalue weighted by atomic mass is 9.80. The van der Waals surface area contributed by atoms with Crippen molar-refractivity contribution in [2.75, 3.05) is 39.4 Å². The van der Waals surface area contributed by atoms with Crippen molar-refractivity contribution in [2.24, 2.45) is 0 Å². The first-order valence-electron chi connectivity index (χ1n) is 15.5. The van der Waals surface area contributed by atoms with Gasteiger partial charge >= 0.3 is 6.03 Å². The third-order valence-corrected chi connectivity index (χ3v) is 8.62. The molecule has 3 fully saturated rings. The van der Waals surface area contributed by atoms with Gasteiger partial charge in [0.25, 0.3) is 11.8 Å². The van der Waals surface area contributed by atoms with Gasteiger partial charge in [0, 0.05) is 37.8 Å². The van der Waals surface area contributed by atoms with Crippen molar-refractivity contribution in [1.29, 1.82) is 0 Å². The summed E-state index contributed by atoms with van der Waals surface area (Å²) in [5, 5.41) is 8.71. The van der Waals surface area contributed by atoms with Gasteiger partial charge in [0.05, 0.1) is 19.3 Å². The number of likely N-dealkylation sites (tertiary alicyclic amines) is 1. The molecule has 4 rings (SSSR count). The van der Waals surface area contributed by atoms with Crippen LogP contribution in [0, 0.1) is 0 Å². The Hall–Kier alpha value is -3.47. The topological polar surface area (TPSA) is 137 Å². The van der Waals surface area contributed by atoms with Gasteiger partial charge in [0.2, 0.25) is 11.7 Å². The summed E-state index contributed by atoms with van der Waals surface area (Å²) in [6.07, 6.45) is 6.40. The quantitative estimate of drug-likeness (QED) is 0.362. The van der Waals surface area contributed by atoms with E-state index >= 15 is 0 Å². The molecule has 11 nitrogen and oxygen atoms in total. The predicted octanol–water partition coefficient (Wildman–Crippen LogP) is 2.40. The lowest BCUT2D eigenvalue weighted by molar-refractivity contribution is -0.141. The van der Waals surface area contributed by atoms with Crippen molar-refractivity contribution in [1.82, 2.24) is 25.8 Å². The average molecular weight is 584 g/mol. The van der Waals surface area contributed by atoms with E-state index in [0.717, 1.165) is 25.7 Å². The van der Waals surface area contributed by atoms with Gasteiger partial charge < -0.3 is 30.5 Å². The van der Waals surface area contributed by atoms with E-state index in [9.17, 15) is 24.0 Å². The van der Waals surface area contributed by atoms with Gasteiger partial charge in [-0.15, -0.1) is 0 Å². The van der Waals surface area contributed by atoms with E-state index in [4.69, 9.17) is 4.74 Å². The summed E-state index contributed by atoms with van der Waals surface area (Å²) >= 11 is 0. The zero-order chi connectivity index (χ0) is 30.0. The van der Waals surface area contributed by atoms with Gasteiger partial charge in [-0.1, -0.05) is 57.2 Å². The second kappa shape index (κ2) is 15.1. The van der Waals surface area contributed by atoms with E-state index in [2.05, 4.69) is 16.0 Å². The Morgan fingerprint density at radius 3 is 2.24 bits per heavy atom. The van der Waals surface area contributed by atoms with Crippen molar-refractivity contribution in [2.45, 2.75) is 88.8 Å². The normalized spacial score (nSPS) is 19.8. The summed E-state index contributed by atoms with van der Waals surface area (Å²) in [4.78, 5) is 69.5. The summed E-state index contributed by atoms with van der Waals surface area (Å²) in [5.41, 5.74) is -0.492. The molecule has 42 heavy (non-hydrogen) atoms. The highest BCUT2D eigenvalue weighted by Gasteiger charge is 2.43. The highest BCUT2D eigenvalue weighted by Crippen LogP contribution is 2.29. The van der Waals surface area contributed by atoms with Crippen molar-refractivity contribution in [3.05, 3.63) is 35.9 Å². The number of unbranched alkanes of at least 4 members (excludes halogenated alkanes) is 1. The number of carbonyl (C=O) groups is 5. The van der Waals surface area contributed by atoms with E-state index in [-0.39, 0.29) is 18.0 Å². The number of nitrogens with zero attached hydrogens (tertiary/aromatic N) is 2. The van der Waals surface area contributed by atoms with Crippen LogP contribution in [0.4, 0.5) is 4.79 Å². The highest BCUT2D eigenvalue weighted by atomic mass is 16.5. The molecule has 1 saturated carbocycles. The molecule has 0 unspecified atom stereocenters. The number of nitrogens with one attached hydrogen (secondary N) is 3. The zero-order valence-electron chi connectivity index (χ0n) is 24.7. The van der Waals surface area contributed by atoms with Gasteiger partial charge in [-0.25, -0.2) is 4.79 Å². The SMILES string of the molecule is CCCC[C@H](NC(=O)C1(NC(=O)N2CCOCC2)CCCCC1)C(=O)C(=O)NC1CCN(C(=O)c2ccccc2)CC1. The number of morpholine rings is 1. The lowest BCUT2D eigenvalue weighted by Gasteiger charge is -2.39. The molecule has 0 spiro atoms. The van der Waals surface area contributed by atoms with E-state index in [1.807, 2.05) is 25.1 Å². The average Bonchev–Trinajstić information content (AvgIpc) is 3.03. The standard InChI is InChI=1S/C31H45N5O6/c1-2-3-12-25(33-29(40)31(15-8-5-9-16-31)34-30(41)36-19-21-42-22-20-36)26(37)27(38)32-24-13-17-35(18-14-24)28(39)23-10-6-4-7-11-23/h4,6-7,10-11,24-25H,2-3,5,8-9,12-22H2,1H3,(H,32,38)(H,33,40)(H,34,41)/t25-/m0/s1. The molecule has 1 aromatic carbocycles. The summed E-state index contributed by atoms with van der Waals surface area (Å²) in [6, 6.07) is 7.57. The second-order valence-corrected chi connectivity index (χ2v) is 11.6. The van der Waals surface area contributed by atoms with Crippen LogP contribution in [0.2, 0.25) is 0 Å². The number of hydrogen-bond donors (Lipinski definition) is 3. The number of carbonyl (C=O) groups excluding carboxylic acids is 5. The zero-order valence-corrected chi connectivity index (χ0v) is 24.7. The van der Waals surface area contributed by atoms with Crippen LogP contribution in [0.25, 0.3) is 0 Å². The largest absolute Gasteiger partial charge is 0.378 e. The number of hydrogen-bond acceptors (Lipinski definition) is 6. The molecule has 0 radical (unpaired) electrons. The fraction of sp³-hybridized carbons (Fsp3) is 0.645. The Morgan fingerprint density at radius 2 is 1.60 bits per heavy atom. The Kier molecular flexibility index (Phi) is 11.3. The molecule has 5 amide bonds. The number of urea groups is 1. The number of Topliss-reactive ketones (excluding diaryl/α,β-unsaturated/α-hetero) is 1. The Balaban J connectivity index is 1.35. The van der Waals surface area contributed by atoms with Crippen molar-refractivity contribution < 1.29 is 28.7 Å². The molecule has 0 aromatic heterocycles. The third kappa shape index (κ3) is 8.08. The number of piperidine rings is 1. The molecule has 230 valence electrons. The van der Waals surface area contributed by atoms with Crippen LogP contribution in [0.5, 0.6) is 0 Å². The maximum Gasteiger partial charge on any atom is 0.318 e. The molecule has 0 bridgehead atoms. The minimum absolute atomic E-state index is 0.0452. The Labute approximate surface area is 248 Å². The van der Waals surface area contributed by atoms with Gasteiger partial charge in [0.1, 0.15) is 5.54 Å². The molecule has 1 aromatic rings. The monoisotopic (exact) mass is 583 g/mol. The molecular formula is C31H45N5O6. The summed E-state index contributed by atoms with van der Waals surface area (Å²) in [7, 11) is 0. The minimum atomic E-state index is -1.12.